The van der Waals surface area contributed by atoms with Gasteiger partial charge in [0.1, 0.15) is 0 Å². The molecule has 182 valence electrons. The Morgan fingerprint density at radius 1 is 1.15 bits per heavy atom. The highest BCUT2D eigenvalue weighted by atomic mass is 16.5. The van der Waals surface area contributed by atoms with Gasteiger partial charge in [-0.15, -0.1) is 0 Å². The summed E-state index contributed by atoms with van der Waals surface area (Å²) < 4.78 is 7.51. The van der Waals surface area contributed by atoms with Crippen LogP contribution in [0.5, 0.6) is 0 Å². The topological polar surface area (TPSA) is 83.5 Å². The monoisotopic (exact) mass is 465 g/mol. The predicted molar refractivity (Wildman–Crippen MR) is 134 cm³/mol. The third kappa shape index (κ3) is 3.92. The maximum absolute atomic E-state index is 13.8. The molecule has 0 aliphatic carbocycles. The van der Waals surface area contributed by atoms with E-state index in [0.717, 1.165) is 60.9 Å². The van der Waals surface area contributed by atoms with E-state index in [9.17, 15) is 9.59 Å². The van der Waals surface area contributed by atoms with Gasteiger partial charge in [-0.05, 0) is 64.3 Å². The zero-order valence-corrected chi connectivity index (χ0v) is 20.6. The second-order valence-electron chi connectivity index (χ2n) is 10.0. The Kier molecular flexibility index (Phi) is 6.20. The third-order valence-corrected chi connectivity index (χ3v) is 7.56. The van der Waals surface area contributed by atoms with Crippen molar-refractivity contribution in [3.8, 4) is 0 Å². The molecule has 2 fully saturated rings. The number of piperazine rings is 1. The van der Waals surface area contributed by atoms with Crippen molar-refractivity contribution in [3.63, 3.8) is 0 Å². The maximum atomic E-state index is 13.8. The largest absolute Gasteiger partial charge is 0.381 e. The molecule has 0 unspecified atom stereocenters. The Morgan fingerprint density at radius 2 is 1.91 bits per heavy atom. The molecule has 0 saturated carbocycles. The Labute approximate surface area is 199 Å². The van der Waals surface area contributed by atoms with E-state index in [-0.39, 0.29) is 23.6 Å². The summed E-state index contributed by atoms with van der Waals surface area (Å²) in [6, 6.07) is 4.57. The predicted octanol–water partition coefficient (Wildman–Crippen LogP) is 3.48. The number of carbonyl (C=O) groups excluding carboxylic acids is 1. The molecule has 5 rings (SSSR count). The van der Waals surface area contributed by atoms with E-state index in [4.69, 9.17) is 4.74 Å². The first kappa shape index (κ1) is 23.1. The van der Waals surface area contributed by atoms with Crippen molar-refractivity contribution >= 4 is 27.7 Å². The number of benzene rings is 1. The Hall–Kier alpha value is -2.71. The third-order valence-electron chi connectivity index (χ3n) is 7.56. The molecule has 1 aromatic carbocycles. The number of ether oxygens (including phenoxy) is 1. The number of fused-ring (bicyclic) bond motifs is 3. The molecular weight excluding hydrogens is 430 g/mol. The number of H-pyrrole nitrogens is 1. The number of carbonyl (C=O) groups is 1. The smallest absolute Gasteiger partial charge is 0.259 e. The number of rotatable bonds is 4. The molecule has 0 spiro atoms. The van der Waals surface area contributed by atoms with Gasteiger partial charge in [0.25, 0.3) is 11.5 Å². The minimum absolute atomic E-state index is 0.0615. The van der Waals surface area contributed by atoms with Crippen LogP contribution in [0.25, 0.3) is 21.8 Å². The van der Waals surface area contributed by atoms with E-state index in [1.54, 1.807) is 6.20 Å². The molecule has 1 N–H and O–H groups in total. The lowest BCUT2D eigenvalue weighted by Gasteiger charge is -2.44. The van der Waals surface area contributed by atoms with Crippen LogP contribution < -0.4 is 5.56 Å². The molecule has 2 aliphatic heterocycles. The molecule has 3 aromatic rings. The van der Waals surface area contributed by atoms with Crippen molar-refractivity contribution in [1.29, 1.82) is 0 Å². The number of aromatic nitrogens is 3. The standard InChI is InChI=1S/C26H35N5O3/c1-5-8-29-14-18(4)30(15-17(29)3)26(33)20-12-21-23(11-16(20)2)28-25(32)22-13-27-31(24(21)22)19-6-9-34-10-7-19/h11-13,17-19H,5-10,14-15H2,1-4H3,(H,28,32)/t17-,18+/m1/s1. The van der Waals surface area contributed by atoms with Gasteiger partial charge in [0.2, 0.25) is 0 Å². The van der Waals surface area contributed by atoms with Crippen molar-refractivity contribution in [2.45, 2.75) is 65.1 Å². The molecule has 2 aromatic heterocycles. The van der Waals surface area contributed by atoms with Crippen molar-refractivity contribution in [2.75, 3.05) is 32.8 Å². The van der Waals surface area contributed by atoms with E-state index >= 15 is 0 Å². The van der Waals surface area contributed by atoms with Gasteiger partial charge in [0.15, 0.2) is 0 Å². The van der Waals surface area contributed by atoms with Crippen LogP contribution in [0.3, 0.4) is 0 Å². The first-order valence-corrected chi connectivity index (χ1v) is 12.6. The van der Waals surface area contributed by atoms with Crippen LogP contribution in [0.15, 0.2) is 23.1 Å². The minimum atomic E-state index is -0.145. The van der Waals surface area contributed by atoms with Gasteiger partial charge >= 0.3 is 0 Å². The quantitative estimate of drug-likeness (QED) is 0.638. The molecule has 2 saturated heterocycles. The lowest BCUT2D eigenvalue weighted by molar-refractivity contribution is 0.0318. The van der Waals surface area contributed by atoms with Gasteiger partial charge in [-0.3, -0.25) is 19.2 Å². The average molecular weight is 466 g/mol. The van der Waals surface area contributed by atoms with Gasteiger partial charge in [-0.2, -0.15) is 5.10 Å². The molecule has 2 atom stereocenters. The summed E-state index contributed by atoms with van der Waals surface area (Å²) in [5.74, 6) is 0.0615. The van der Waals surface area contributed by atoms with Crippen LogP contribution in [0.4, 0.5) is 0 Å². The summed E-state index contributed by atoms with van der Waals surface area (Å²) in [7, 11) is 0. The number of nitrogens with one attached hydrogen (secondary N) is 1. The minimum Gasteiger partial charge on any atom is -0.381 e. The highest BCUT2D eigenvalue weighted by Crippen LogP contribution is 2.30. The van der Waals surface area contributed by atoms with Gasteiger partial charge in [0, 0.05) is 49.3 Å². The Bertz CT molecular complexity index is 1270. The van der Waals surface area contributed by atoms with Gasteiger partial charge < -0.3 is 14.6 Å². The van der Waals surface area contributed by atoms with Gasteiger partial charge in [-0.25, -0.2) is 0 Å². The number of aromatic amines is 1. The van der Waals surface area contributed by atoms with Crippen molar-refractivity contribution < 1.29 is 9.53 Å². The van der Waals surface area contributed by atoms with Crippen LogP contribution in [0, 0.1) is 6.92 Å². The molecule has 0 radical (unpaired) electrons. The second-order valence-corrected chi connectivity index (χ2v) is 10.0. The molecule has 8 nitrogen and oxygen atoms in total. The summed E-state index contributed by atoms with van der Waals surface area (Å²) in [5, 5.41) is 6.04. The van der Waals surface area contributed by atoms with Gasteiger partial charge in [0.05, 0.1) is 28.7 Å². The number of amides is 1. The number of pyridine rings is 1. The number of aryl methyl sites for hydroxylation is 1. The Morgan fingerprint density at radius 3 is 2.65 bits per heavy atom. The zero-order valence-electron chi connectivity index (χ0n) is 20.6. The highest BCUT2D eigenvalue weighted by Gasteiger charge is 2.33. The molecule has 2 aliphatic rings. The van der Waals surface area contributed by atoms with E-state index in [1.807, 2.05) is 28.6 Å². The van der Waals surface area contributed by atoms with E-state index < -0.39 is 0 Å². The zero-order chi connectivity index (χ0) is 24.0. The fraction of sp³-hybridized carbons (Fsp3) is 0.577. The van der Waals surface area contributed by atoms with E-state index in [2.05, 4.69) is 35.8 Å². The number of hydrogen-bond donors (Lipinski definition) is 1. The number of hydrogen-bond acceptors (Lipinski definition) is 5. The maximum Gasteiger partial charge on any atom is 0.259 e. The molecule has 0 bridgehead atoms. The fourth-order valence-corrected chi connectivity index (χ4v) is 5.67. The molecule has 8 heteroatoms. The average Bonchev–Trinajstić information content (AvgIpc) is 3.27. The Balaban J connectivity index is 1.58. The van der Waals surface area contributed by atoms with Crippen LogP contribution >= 0.6 is 0 Å². The van der Waals surface area contributed by atoms with Crippen LogP contribution in [0.2, 0.25) is 0 Å². The molecule has 34 heavy (non-hydrogen) atoms. The molecule has 4 heterocycles. The van der Waals surface area contributed by atoms with E-state index in [1.165, 1.54) is 0 Å². The van der Waals surface area contributed by atoms with Crippen LogP contribution in [-0.4, -0.2) is 75.4 Å². The first-order chi connectivity index (χ1) is 16.4. The normalized spacial score (nSPS) is 22.6. The molecular formula is C26H35N5O3. The lowest BCUT2D eigenvalue weighted by atomic mass is 10.00. The van der Waals surface area contributed by atoms with Gasteiger partial charge in [-0.1, -0.05) is 6.92 Å². The van der Waals surface area contributed by atoms with Crippen molar-refractivity contribution in [2.24, 2.45) is 0 Å². The first-order valence-electron chi connectivity index (χ1n) is 12.6. The summed E-state index contributed by atoms with van der Waals surface area (Å²) in [6.07, 6.45) is 4.49. The summed E-state index contributed by atoms with van der Waals surface area (Å²) in [4.78, 5) is 34.1. The van der Waals surface area contributed by atoms with Crippen molar-refractivity contribution in [3.05, 3.63) is 39.8 Å². The number of nitrogens with zero attached hydrogens (tertiary/aromatic N) is 4. The van der Waals surface area contributed by atoms with Crippen molar-refractivity contribution in [1.82, 2.24) is 24.6 Å². The summed E-state index contributed by atoms with van der Waals surface area (Å²) in [5.41, 5.74) is 2.99. The van der Waals surface area contributed by atoms with Crippen LogP contribution in [-0.2, 0) is 4.74 Å². The van der Waals surface area contributed by atoms with Crippen LogP contribution in [0.1, 0.15) is 62.0 Å². The fourth-order valence-electron chi connectivity index (χ4n) is 5.67. The second kappa shape index (κ2) is 9.15. The molecule has 1 amide bonds. The SMILES string of the molecule is CCCN1C[C@H](C)N(C(=O)c2cc3c(cc2C)[nH]c(=O)c2cnn(C4CCOCC4)c23)C[C@H]1C. The summed E-state index contributed by atoms with van der Waals surface area (Å²) >= 11 is 0. The highest BCUT2D eigenvalue weighted by molar-refractivity contribution is 6.07. The van der Waals surface area contributed by atoms with E-state index in [0.29, 0.717) is 30.2 Å². The summed E-state index contributed by atoms with van der Waals surface area (Å²) in [6.45, 7) is 12.5. The lowest BCUT2D eigenvalue weighted by Crippen LogP contribution is -2.58.